The van der Waals surface area contributed by atoms with Gasteiger partial charge in [-0.1, -0.05) is 6.92 Å². The van der Waals surface area contributed by atoms with Crippen LogP contribution >= 0.6 is 11.8 Å². The highest BCUT2D eigenvalue weighted by molar-refractivity contribution is 7.99. The van der Waals surface area contributed by atoms with Crippen LogP contribution in [-0.2, 0) is 0 Å². The summed E-state index contributed by atoms with van der Waals surface area (Å²) in [4.78, 5) is 12.3. The molecule has 0 bridgehead atoms. The second-order valence-corrected chi connectivity index (χ2v) is 6.76. The second kappa shape index (κ2) is 9.27. The molecule has 0 radical (unpaired) electrons. The maximum atomic E-state index is 9.81. The Morgan fingerprint density at radius 2 is 2.00 bits per heavy atom. The summed E-state index contributed by atoms with van der Waals surface area (Å²) in [5.41, 5.74) is 1.53. The number of fused-ring (bicyclic) bond motifs is 1. The number of aromatic amines is 1. The van der Waals surface area contributed by atoms with Gasteiger partial charge in [-0.05, 0) is 30.4 Å². The van der Waals surface area contributed by atoms with Gasteiger partial charge in [0.25, 0.3) is 0 Å². The number of thioether (sulfide) groups is 1. The fourth-order valence-corrected chi connectivity index (χ4v) is 2.92. The molecule has 0 saturated carbocycles. The van der Waals surface area contributed by atoms with Crippen molar-refractivity contribution in [1.82, 2.24) is 9.97 Å². The van der Waals surface area contributed by atoms with Crippen molar-refractivity contribution < 1.29 is 25.5 Å². The summed E-state index contributed by atoms with van der Waals surface area (Å²) in [6.45, 7) is 1.38. The molecule has 0 amide bonds. The summed E-state index contributed by atoms with van der Waals surface area (Å²) >= 11 is 1.74. The molecule has 1 aromatic heterocycles. The van der Waals surface area contributed by atoms with Crippen LogP contribution in [0.1, 0.15) is 13.3 Å². The zero-order valence-electron chi connectivity index (χ0n) is 13.8. The predicted octanol–water partition coefficient (Wildman–Crippen LogP) is 0.203. The lowest BCUT2D eigenvalue weighted by Gasteiger charge is -2.23. The number of imidazole rings is 1. The predicted molar refractivity (Wildman–Crippen MR) is 96.4 cm³/mol. The van der Waals surface area contributed by atoms with Gasteiger partial charge in [-0.2, -0.15) is 0 Å². The van der Waals surface area contributed by atoms with Crippen LogP contribution in [0.15, 0.2) is 28.1 Å². The molecule has 0 aliphatic carbocycles. The Morgan fingerprint density at radius 1 is 1.24 bits per heavy atom. The molecule has 2 aromatic rings. The largest absolute Gasteiger partial charge is 0.394 e. The van der Waals surface area contributed by atoms with Crippen LogP contribution in [0.25, 0.3) is 11.0 Å². The Kier molecular flexibility index (Phi) is 7.36. The highest BCUT2D eigenvalue weighted by atomic mass is 32.2. The van der Waals surface area contributed by atoms with E-state index in [1.807, 2.05) is 18.2 Å². The monoisotopic (exact) mass is 369 g/mol. The van der Waals surface area contributed by atoms with E-state index in [1.54, 1.807) is 11.8 Å². The van der Waals surface area contributed by atoms with Crippen molar-refractivity contribution in [3.05, 3.63) is 18.2 Å². The fourth-order valence-electron chi connectivity index (χ4n) is 2.12. The van der Waals surface area contributed by atoms with Gasteiger partial charge >= 0.3 is 0 Å². The number of H-pyrrole nitrogens is 1. The minimum atomic E-state index is -1.69. The maximum Gasteiger partial charge on any atom is 0.227 e. The first-order valence-electron chi connectivity index (χ1n) is 7.96. The van der Waals surface area contributed by atoms with E-state index in [2.05, 4.69) is 21.9 Å². The highest BCUT2D eigenvalue weighted by Crippen LogP contribution is 2.24. The lowest BCUT2D eigenvalue weighted by Crippen LogP contribution is -2.46. The number of rotatable bonds is 9. The zero-order chi connectivity index (χ0) is 18.4. The third kappa shape index (κ3) is 5.24. The van der Waals surface area contributed by atoms with Crippen molar-refractivity contribution in [1.29, 1.82) is 0 Å². The number of nitrogens with zero attached hydrogens (tertiary/aromatic N) is 2. The van der Waals surface area contributed by atoms with E-state index in [0.717, 1.165) is 34.3 Å². The van der Waals surface area contributed by atoms with Crippen molar-refractivity contribution in [2.24, 2.45) is 4.99 Å². The first kappa shape index (κ1) is 19.8. The number of benzene rings is 1. The van der Waals surface area contributed by atoms with Gasteiger partial charge in [0.15, 0.2) is 0 Å². The van der Waals surface area contributed by atoms with Gasteiger partial charge in [0.1, 0.15) is 24.4 Å². The summed E-state index contributed by atoms with van der Waals surface area (Å²) in [6.07, 6.45) is -4.36. The summed E-state index contributed by atoms with van der Waals surface area (Å²) in [5, 5.41) is 47.1. The maximum absolute atomic E-state index is 9.81. The molecular weight excluding hydrogens is 346 g/mol. The molecule has 1 aromatic carbocycles. The van der Waals surface area contributed by atoms with Crippen molar-refractivity contribution in [3.8, 4) is 0 Å². The Morgan fingerprint density at radius 3 is 2.68 bits per heavy atom. The standard InChI is InChI=1S/C16H23N3O5S/c1-2-5-25-9-3-4-10-11(6-9)19-16(18-10)17-7-12(21)14(23)15(24)13(22)8-20/h3-4,6-7,12-15,20-24H,2,5,8H2,1H3,(H,18,19)/b17-7+. The second-order valence-electron chi connectivity index (χ2n) is 5.59. The van der Waals surface area contributed by atoms with Gasteiger partial charge in [-0.15, -0.1) is 11.8 Å². The highest BCUT2D eigenvalue weighted by Gasteiger charge is 2.29. The molecule has 0 aliphatic heterocycles. The molecule has 138 valence electrons. The number of aliphatic imine (C=N–C) groups is 1. The molecular formula is C16H23N3O5S. The number of aliphatic hydroxyl groups excluding tert-OH is 5. The van der Waals surface area contributed by atoms with E-state index in [-0.39, 0.29) is 5.95 Å². The lowest BCUT2D eigenvalue weighted by molar-refractivity contribution is -0.0999. The van der Waals surface area contributed by atoms with E-state index in [1.165, 1.54) is 0 Å². The third-order valence-corrected chi connectivity index (χ3v) is 4.74. The number of aromatic nitrogens is 2. The number of hydrogen-bond donors (Lipinski definition) is 6. The van der Waals surface area contributed by atoms with E-state index in [9.17, 15) is 20.4 Å². The normalized spacial score (nSPS) is 17.0. The fraction of sp³-hybridized carbons (Fsp3) is 0.500. The summed E-state index contributed by atoms with van der Waals surface area (Å²) < 4.78 is 0. The van der Waals surface area contributed by atoms with E-state index in [4.69, 9.17) is 5.11 Å². The Hall–Kier alpha value is -1.49. The van der Waals surface area contributed by atoms with Crippen LogP contribution in [0.4, 0.5) is 5.95 Å². The molecule has 8 nitrogen and oxygen atoms in total. The SMILES string of the molecule is CCCSc1ccc2nc(/N=C/C(O)C(O)C(O)C(O)CO)[nH]c2c1. The summed E-state index contributed by atoms with van der Waals surface area (Å²) in [5.74, 6) is 1.27. The molecule has 4 atom stereocenters. The third-order valence-electron chi connectivity index (χ3n) is 3.54. The molecule has 4 unspecified atom stereocenters. The molecule has 0 saturated heterocycles. The Bertz CT molecular complexity index is 708. The number of aliphatic hydroxyl groups is 5. The first-order chi connectivity index (χ1) is 12.0. The van der Waals surface area contributed by atoms with Gasteiger partial charge in [-0.25, -0.2) is 9.98 Å². The van der Waals surface area contributed by atoms with E-state index in [0.29, 0.717) is 0 Å². The van der Waals surface area contributed by atoms with Gasteiger partial charge in [-0.3, -0.25) is 0 Å². The first-order valence-corrected chi connectivity index (χ1v) is 8.94. The van der Waals surface area contributed by atoms with Crippen LogP contribution in [0.2, 0.25) is 0 Å². The van der Waals surface area contributed by atoms with Crippen LogP contribution in [0.3, 0.4) is 0 Å². The number of hydrogen-bond acceptors (Lipinski definition) is 8. The molecule has 1 heterocycles. The smallest absolute Gasteiger partial charge is 0.227 e. The average molecular weight is 369 g/mol. The average Bonchev–Trinajstić information content (AvgIpc) is 3.04. The van der Waals surface area contributed by atoms with E-state index < -0.39 is 31.0 Å². The minimum Gasteiger partial charge on any atom is -0.394 e. The lowest BCUT2D eigenvalue weighted by atomic mass is 10.0. The zero-order valence-corrected chi connectivity index (χ0v) is 14.6. The van der Waals surface area contributed by atoms with Gasteiger partial charge < -0.3 is 30.5 Å². The van der Waals surface area contributed by atoms with Crippen molar-refractivity contribution in [2.75, 3.05) is 12.4 Å². The topological polar surface area (TPSA) is 142 Å². The summed E-state index contributed by atoms with van der Waals surface area (Å²) in [6, 6.07) is 5.81. The van der Waals surface area contributed by atoms with E-state index >= 15 is 0 Å². The van der Waals surface area contributed by atoms with Crippen LogP contribution in [0, 0.1) is 0 Å². The minimum absolute atomic E-state index is 0.246. The van der Waals surface area contributed by atoms with Gasteiger partial charge in [0.05, 0.1) is 17.6 Å². The molecule has 0 spiro atoms. The Labute approximate surface area is 149 Å². The molecule has 0 fully saturated rings. The molecule has 6 N–H and O–H groups in total. The molecule has 25 heavy (non-hydrogen) atoms. The van der Waals surface area contributed by atoms with Gasteiger partial charge in [0.2, 0.25) is 5.95 Å². The summed E-state index contributed by atoms with van der Waals surface area (Å²) in [7, 11) is 0. The quantitative estimate of drug-likeness (QED) is 0.274. The van der Waals surface area contributed by atoms with Gasteiger partial charge in [0, 0.05) is 11.1 Å². The van der Waals surface area contributed by atoms with Crippen molar-refractivity contribution in [2.45, 2.75) is 42.7 Å². The van der Waals surface area contributed by atoms with Crippen LogP contribution in [0.5, 0.6) is 0 Å². The van der Waals surface area contributed by atoms with Crippen LogP contribution < -0.4 is 0 Å². The molecule has 2 rings (SSSR count). The van der Waals surface area contributed by atoms with Crippen molar-refractivity contribution in [3.63, 3.8) is 0 Å². The Balaban J connectivity index is 2.07. The van der Waals surface area contributed by atoms with Crippen LogP contribution in [-0.4, -0.2) is 78.5 Å². The molecule has 0 aliphatic rings. The molecule has 9 heteroatoms. The van der Waals surface area contributed by atoms with Crippen molar-refractivity contribution >= 4 is 35.0 Å². The number of nitrogens with one attached hydrogen (secondary N) is 1.